The summed E-state index contributed by atoms with van der Waals surface area (Å²) in [6, 6.07) is 14.4. The molecule has 15 nitrogen and oxygen atoms in total. The summed E-state index contributed by atoms with van der Waals surface area (Å²) in [6.07, 6.45) is 0.391. The second-order valence-corrected chi connectivity index (χ2v) is 12.7. The number of aliphatic carboxylic acids is 1. The van der Waals surface area contributed by atoms with Gasteiger partial charge in [-0.25, -0.2) is 9.78 Å². The third kappa shape index (κ3) is 8.19. The van der Waals surface area contributed by atoms with Crippen LogP contribution < -0.4 is 27.4 Å². The average molecular weight is 686 g/mol. The van der Waals surface area contributed by atoms with Gasteiger partial charge in [-0.1, -0.05) is 44.5 Å². The van der Waals surface area contributed by atoms with Crippen LogP contribution >= 0.6 is 11.6 Å². The summed E-state index contributed by atoms with van der Waals surface area (Å²) in [5.74, 6) is -1.56. The third-order valence-corrected chi connectivity index (χ3v) is 8.26. The second-order valence-electron chi connectivity index (χ2n) is 12.3. The van der Waals surface area contributed by atoms with Crippen molar-refractivity contribution < 1.29 is 19.5 Å². The molecule has 0 aliphatic rings. The summed E-state index contributed by atoms with van der Waals surface area (Å²) in [4.78, 5) is 46.1. The number of nitrogens with zero attached hydrogens (tertiary/aromatic N) is 5. The lowest BCUT2D eigenvalue weighted by molar-refractivity contribution is -0.139. The summed E-state index contributed by atoms with van der Waals surface area (Å²) in [5, 5.41) is 33.4. The summed E-state index contributed by atoms with van der Waals surface area (Å²) in [6.45, 7) is 6.71. The number of fused-ring (bicyclic) bond motifs is 1. The number of carbonyl (C=O) groups is 3. The lowest BCUT2D eigenvalue weighted by Gasteiger charge is -2.20. The number of amides is 2. The molecule has 254 valence electrons. The quantitative estimate of drug-likeness (QED) is 0.0924. The van der Waals surface area contributed by atoms with E-state index in [2.05, 4.69) is 67.3 Å². The zero-order valence-electron chi connectivity index (χ0n) is 27.0. The van der Waals surface area contributed by atoms with E-state index in [0.717, 1.165) is 11.1 Å². The molecule has 0 saturated carbocycles. The van der Waals surface area contributed by atoms with Crippen molar-refractivity contribution in [3.8, 4) is 11.4 Å². The Bertz CT molecular complexity index is 2000. The molecule has 0 fully saturated rings. The number of anilines is 3. The minimum Gasteiger partial charge on any atom is -0.480 e. The second kappa shape index (κ2) is 14.5. The van der Waals surface area contributed by atoms with Crippen LogP contribution in [0, 0.1) is 0 Å². The fourth-order valence-electron chi connectivity index (χ4n) is 5.12. The maximum absolute atomic E-state index is 13.1. The zero-order chi connectivity index (χ0) is 35.3. The molecule has 1 atom stereocenters. The average Bonchev–Trinajstić information content (AvgIpc) is 3.60. The van der Waals surface area contributed by atoms with Crippen LogP contribution in [0.1, 0.15) is 65.5 Å². The normalized spacial score (nSPS) is 12.0. The van der Waals surface area contributed by atoms with Crippen LogP contribution in [0.25, 0.3) is 22.3 Å². The largest absolute Gasteiger partial charge is 0.480 e. The minimum absolute atomic E-state index is 0.0600. The van der Waals surface area contributed by atoms with Crippen LogP contribution in [0.4, 0.5) is 17.5 Å². The number of aromatic nitrogens is 6. The van der Waals surface area contributed by atoms with Gasteiger partial charge in [0.05, 0.1) is 21.5 Å². The van der Waals surface area contributed by atoms with Crippen molar-refractivity contribution in [2.45, 2.75) is 51.6 Å². The third-order valence-electron chi connectivity index (χ3n) is 7.83. The van der Waals surface area contributed by atoms with E-state index < -0.39 is 17.9 Å². The summed E-state index contributed by atoms with van der Waals surface area (Å²) in [7, 11) is 0. The maximum atomic E-state index is 13.1. The smallest absolute Gasteiger partial charge is 0.326 e. The molecule has 5 rings (SSSR count). The molecule has 3 aromatic carbocycles. The van der Waals surface area contributed by atoms with Crippen molar-refractivity contribution in [1.82, 2.24) is 41.2 Å². The fraction of sp³-hybridized carbons (Fsp3) is 0.273. The first-order chi connectivity index (χ1) is 23.3. The lowest BCUT2D eigenvalue weighted by atomic mass is 9.85. The fourth-order valence-corrected chi connectivity index (χ4v) is 5.44. The Balaban J connectivity index is 1.14. The van der Waals surface area contributed by atoms with E-state index in [4.69, 9.17) is 23.1 Å². The number of H-pyrrole nitrogens is 1. The number of nitrogens with one attached hydrogen (secondary N) is 4. The predicted molar refractivity (Wildman–Crippen MR) is 186 cm³/mol. The number of tetrazole rings is 1. The number of carboxylic acids is 1. The molecule has 2 aromatic heterocycles. The van der Waals surface area contributed by atoms with Gasteiger partial charge in [0.1, 0.15) is 11.9 Å². The van der Waals surface area contributed by atoms with Crippen molar-refractivity contribution in [3.63, 3.8) is 0 Å². The maximum Gasteiger partial charge on any atom is 0.326 e. The number of halogens is 1. The van der Waals surface area contributed by atoms with Crippen molar-refractivity contribution in [1.29, 1.82) is 0 Å². The molecule has 0 bridgehead atoms. The van der Waals surface area contributed by atoms with E-state index in [1.165, 1.54) is 0 Å². The molecule has 0 radical (unpaired) electrons. The Morgan fingerprint density at radius 2 is 1.76 bits per heavy atom. The number of benzene rings is 3. The first kappa shape index (κ1) is 34.5. The molecule has 0 aliphatic carbocycles. The van der Waals surface area contributed by atoms with Crippen LogP contribution in [-0.2, 0) is 16.8 Å². The highest BCUT2D eigenvalue weighted by Gasteiger charge is 2.23. The molecular formula is C33H36ClN11O4. The van der Waals surface area contributed by atoms with E-state index >= 15 is 0 Å². The Labute approximate surface area is 286 Å². The SMILES string of the molecule is CC(C)(C)c1ccc(C(=O)NCCC[C@H](NC(=O)c2ccc(NCc3ccc4nc(N)nc(N)c4c3Cl)cc2)C(=O)O)c(-c2nn[nH]n2)c1. The van der Waals surface area contributed by atoms with E-state index in [9.17, 15) is 19.5 Å². The standard InChI is InChI=1S/C33H36ClN11O4/c1-33(2,3)19-9-12-21(22(15-19)28-42-44-45-43-28)30(47)37-14-4-5-24(31(48)49)39-29(46)17-6-10-20(11-7-17)38-16-18-8-13-23-25(26(18)34)27(35)41-32(36)40-23/h6-13,15,24,38H,4-5,14,16H2,1-3H3,(H,37,47)(H,39,46)(H,48,49)(H4,35,36,40,41)(H,42,43,44,45)/t24-/m0/s1. The molecular weight excluding hydrogens is 650 g/mol. The first-order valence-corrected chi connectivity index (χ1v) is 15.7. The van der Waals surface area contributed by atoms with Gasteiger partial charge in [-0.05, 0) is 77.1 Å². The number of hydrogen-bond acceptors (Lipinski definition) is 11. The molecule has 5 aromatic rings. The van der Waals surface area contributed by atoms with Crippen LogP contribution in [-0.4, -0.2) is 66.1 Å². The van der Waals surface area contributed by atoms with Crippen LogP contribution in [0.2, 0.25) is 5.02 Å². The van der Waals surface area contributed by atoms with Crippen LogP contribution in [0.15, 0.2) is 54.6 Å². The molecule has 49 heavy (non-hydrogen) atoms. The molecule has 0 spiro atoms. The van der Waals surface area contributed by atoms with Gasteiger partial charge in [-0.3, -0.25) is 9.59 Å². The summed E-state index contributed by atoms with van der Waals surface area (Å²) < 4.78 is 0. The molecule has 2 heterocycles. The Hall–Kier alpha value is -5.83. The lowest BCUT2D eigenvalue weighted by Crippen LogP contribution is -2.41. The molecule has 16 heteroatoms. The van der Waals surface area contributed by atoms with E-state index in [0.29, 0.717) is 45.7 Å². The minimum atomic E-state index is -1.18. The van der Waals surface area contributed by atoms with Crippen LogP contribution in [0.3, 0.4) is 0 Å². The van der Waals surface area contributed by atoms with E-state index in [-0.39, 0.29) is 47.4 Å². The van der Waals surface area contributed by atoms with Crippen molar-refractivity contribution in [2.24, 2.45) is 0 Å². The topological polar surface area (TPSA) is 240 Å². The van der Waals surface area contributed by atoms with Crippen molar-refractivity contribution in [3.05, 3.63) is 81.9 Å². The Morgan fingerprint density at radius 1 is 1.00 bits per heavy atom. The van der Waals surface area contributed by atoms with Gasteiger partial charge in [-0.15, -0.1) is 10.2 Å². The van der Waals surface area contributed by atoms with Crippen LogP contribution in [0.5, 0.6) is 0 Å². The highest BCUT2D eigenvalue weighted by molar-refractivity contribution is 6.37. The Kier molecular flexibility index (Phi) is 10.2. The summed E-state index contributed by atoms with van der Waals surface area (Å²) >= 11 is 6.57. The van der Waals surface area contributed by atoms with E-state index in [1.54, 1.807) is 42.5 Å². The van der Waals surface area contributed by atoms with Gasteiger partial charge < -0.3 is 32.5 Å². The highest BCUT2D eigenvalue weighted by Crippen LogP contribution is 2.31. The van der Waals surface area contributed by atoms with Gasteiger partial charge >= 0.3 is 5.97 Å². The zero-order valence-corrected chi connectivity index (χ0v) is 27.8. The molecule has 9 N–H and O–H groups in total. The number of rotatable bonds is 12. The number of nitrogens with two attached hydrogens (primary N) is 2. The first-order valence-electron chi connectivity index (χ1n) is 15.4. The van der Waals surface area contributed by atoms with Gasteiger partial charge in [0.2, 0.25) is 11.8 Å². The monoisotopic (exact) mass is 685 g/mol. The predicted octanol–water partition coefficient (Wildman–Crippen LogP) is 3.93. The van der Waals surface area contributed by atoms with Gasteiger partial charge in [-0.2, -0.15) is 10.2 Å². The van der Waals surface area contributed by atoms with Crippen molar-refractivity contribution >= 4 is 57.7 Å². The Morgan fingerprint density at radius 3 is 2.43 bits per heavy atom. The van der Waals surface area contributed by atoms with Gasteiger partial charge in [0.15, 0.2) is 0 Å². The van der Waals surface area contributed by atoms with Gasteiger partial charge in [0, 0.05) is 29.9 Å². The number of carboxylic acid groups (broad SMARTS) is 1. The van der Waals surface area contributed by atoms with Crippen molar-refractivity contribution in [2.75, 3.05) is 23.3 Å². The molecule has 2 amide bonds. The number of hydrogen-bond donors (Lipinski definition) is 7. The molecule has 0 aliphatic heterocycles. The van der Waals surface area contributed by atoms with Gasteiger partial charge in [0.25, 0.3) is 11.8 Å². The summed E-state index contributed by atoms with van der Waals surface area (Å²) in [5.41, 5.74) is 15.7. The highest BCUT2D eigenvalue weighted by atomic mass is 35.5. The number of aromatic amines is 1. The van der Waals surface area contributed by atoms with E-state index in [1.807, 2.05) is 12.1 Å². The number of nitrogen functional groups attached to an aromatic ring is 2. The molecule has 0 unspecified atom stereocenters. The molecule has 0 saturated heterocycles. The number of carbonyl (C=O) groups excluding carboxylic acids is 2.